The van der Waals surface area contributed by atoms with Crippen LogP contribution in [0.25, 0.3) is 0 Å². The van der Waals surface area contributed by atoms with Crippen LogP contribution < -0.4 is 23.7 Å². The predicted octanol–water partition coefficient (Wildman–Crippen LogP) is 4.15. The molecule has 0 N–H and O–H groups in total. The molecule has 3 aromatic rings. The summed E-state index contributed by atoms with van der Waals surface area (Å²) in [5.41, 5.74) is 1.32. The van der Waals surface area contributed by atoms with Gasteiger partial charge < -0.3 is 33.3 Å². The summed E-state index contributed by atoms with van der Waals surface area (Å²) in [4.78, 5) is 19.8. The summed E-state index contributed by atoms with van der Waals surface area (Å²) in [6, 6.07) is 10.7. The van der Waals surface area contributed by atoms with Crippen molar-refractivity contribution in [3.8, 4) is 28.7 Å². The van der Waals surface area contributed by atoms with E-state index in [9.17, 15) is 4.79 Å². The number of amides is 1. The van der Waals surface area contributed by atoms with Crippen molar-refractivity contribution < 1.29 is 33.2 Å². The zero-order valence-electron chi connectivity index (χ0n) is 19.9. The minimum Gasteiger partial charge on any atom is -0.493 e. The standard InChI is InChI=1S/C25H28N2O7S/c1-29-11-5-10-27(25(28)17-8-9-19-22(12-17)34-16-33-19)13-18-15-35-23(26-18)14-32-24-20(30-2)6-4-7-21(24)31-3/h4,6-9,12,15H,5,10-11,13-14,16H2,1-3H3. The Morgan fingerprint density at radius 2 is 1.86 bits per heavy atom. The average Bonchev–Trinajstić information content (AvgIpc) is 3.55. The Hall–Kier alpha value is -3.50. The molecule has 0 fully saturated rings. The fourth-order valence-electron chi connectivity index (χ4n) is 3.64. The first kappa shape index (κ1) is 24.6. The molecule has 0 radical (unpaired) electrons. The third-order valence-electron chi connectivity index (χ3n) is 5.36. The predicted molar refractivity (Wildman–Crippen MR) is 130 cm³/mol. The molecule has 0 spiro atoms. The highest BCUT2D eigenvalue weighted by Gasteiger charge is 2.21. The lowest BCUT2D eigenvalue weighted by atomic mass is 10.1. The van der Waals surface area contributed by atoms with Crippen molar-refractivity contribution in [1.82, 2.24) is 9.88 Å². The molecule has 2 heterocycles. The van der Waals surface area contributed by atoms with E-state index in [1.165, 1.54) is 11.3 Å². The van der Waals surface area contributed by atoms with Gasteiger partial charge in [0.05, 0.1) is 26.5 Å². The number of benzene rings is 2. The number of ether oxygens (including phenoxy) is 6. The van der Waals surface area contributed by atoms with E-state index in [1.807, 2.05) is 23.6 Å². The maximum atomic E-state index is 13.3. The monoisotopic (exact) mass is 500 g/mol. The molecule has 10 heteroatoms. The van der Waals surface area contributed by atoms with E-state index in [0.29, 0.717) is 60.4 Å². The summed E-state index contributed by atoms with van der Waals surface area (Å²) in [6.07, 6.45) is 0.709. The Kier molecular flexibility index (Phi) is 8.27. The van der Waals surface area contributed by atoms with Crippen molar-refractivity contribution in [3.05, 3.63) is 58.0 Å². The molecule has 0 aliphatic carbocycles. The topological polar surface area (TPSA) is 88.6 Å². The van der Waals surface area contributed by atoms with Crippen LogP contribution in [0.4, 0.5) is 0 Å². The minimum atomic E-state index is -0.107. The van der Waals surface area contributed by atoms with Gasteiger partial charge in [0.25, 0.3) is 5.91 Å². The van der Waals surface area contributed by atoms with Crippen LogP contribution in [0.5, 0.6) is 28.7 Å². The Balaban J connectivity index is 1.45. The summed E-state index contributed by atoms with van der Waals surface area (Å²) in [6.45, 7) is 1.87. The summed E-state index contributed by atoms with van der Waals surface area (Å²) in [7, 11) is 4.81. The molecule has 0 unspecified atom stereocenters. The lowest BCUT2D eigenvalue weighted by Crippen LogP contribution is -2.32. The molecular formula is C25H28N2O7S. The van der Waals surface area contributed by atoms with Crippen LogP contribution in [0.15, 0.2) is 41.8 Å². The highest BCUT2D eigenvalue weighted by molar-refractivity contribution is 7.09. The molecule has 0 atom stereocenters. The highest BCUT2D eigenvalue weighted by atomic mass is 32.1. The molecule has 0 saturated carbocycles. The van der Waals surface area contributed by atoms with Gasteiger partial charge in [-0.3, -0.25) is 4.79 Å². The fourth-order valence-corrected chi connectivity index (χ4v) is 4.34. The third kappa shape index (κ3) is 5.95. The van der Waals surface area contributed by atoms with Crippen molar-refractivity contribution >= 4 is 17.2 Å². The van der Waals surface area contributed by atoms with Gasteiger partial charge in [0.2, 0.25) is 12.5 Å². The first-order valence-corrected chi connectivity index (χ1v) is 12.0. The second-order valence-corrected chi connectivity index (χ2v) is 8.60. The Morgan fingerprint density at radius 3 is 2.60 bits per heavy atom. The maximum absolute atomic E-state index is 13.3. The number of methoxy groups -OCH3 is 3. The van der Waals surface area contributed by atoms with E-state index >= 15 is 0 Å². The molecule has 0 bridgehead atoms. The van der Waals surface area contributed by atoms with Gasteiger partial charge in [-0.15, -0.1) is 11.3 Å². The highest BCUT2D eigenvalue weighted by Crippen LogP contribution is 2.37. The van der Waals surface area contributed by atoms with Gasteiger partial charge in [0, 0.05) is 31.2 Å². The molecule has 35 heavy (non-hydrogen) atoms. The van der Waals surface area contributed by atoms with Crippen LogP contribution >= 0.6 is 11.3 Å². The summed E-state index contributed by atoms with van der Waals surface area (Å²) in [5, 5.41) is 2.72. The lowest BCUT2D eigenvalue weighted by molar-refractivity contribution is 0.0721. The fraction of sp³-hybridized carbons (Fsp3) is 0.360. The number of aromatic nitrogens is 1. The van der Waals surface area contributed by atoms with Crippen LogP contribution in [0.3, 0.4) is 0 Å². The smallest absolute Gasteiger partial charge is 0.254 e. The molecule has 0 saturated heterocycles. The zero-order valence-corrected chi connectivity index (χ0v) is 20.8. The first-order valence-electron chi connectivity index (χ1n) is 11.1. The number of para-hydroxylation sites is 1. The zero-order chi connectivity index (χ0) is 24.6. The molecule has 1 aliphatic heterocycles. The van der Waals surface area contributed by atoms with Gasteiger partial charge >= 0.3 is 0 Å². The van der Waals surface area contributed by atoms with Crippen LogP contribution in [-0.2, 0) is 17.9 Å². The number of carbonyl (C=O) groups is 1. The van der Waals surface area contributed by atoms with Gasteiger partial charge in [-0.2, -0.15) is 0 Å². The number of fused-ring (bicyclic) bond motifs is 1. The summed E-state index contributed by atoms with van der Waals surface area (Å²) < 4.78 is 32.7. The molecule has 186 valence electrons. The van der Waals surface area contributed by atoms with Crippen molar-refractivity contribution in [3.63, 3.8) is 0 Å². The molecule has 1 aliphatic rings. The van der Waals surface area contributed by atoms with Crippen LogP contribution in [0, 0.1) is 0 Å². The van der Waals surface area contributed by atoms with Crippen molar-refractivity contribution in [2.75, 3.05) is 41.3 Å². The molecule has 1 amide bonds. The molecule has 9 nitrogen and oxygen atoms in total. The normalized spacial score (nSPS) is 11.9. The van der Waals surface area contributed by atoms with E-state index in [2.05, 4.69) is 4.98 Å². The van der Waals surface area contributed by atoms with E-state index in [-0.39, 0.29) is 19.3 Å². The second-order valence-electron chi connectivity index (χ2n) is 7.65. The minimum absolute atomic E-state index is 0.107. The van der Waals surface area contributed by atoms with E-state index in [0.717, 1.165) is 10.7 Å². The average molecular weight is 501 g/mol. The van der Waals surface area contributed by atoms with E-state index in [4.69, 9.17) is 28.4 Å². The quantitative estimate of drug-likeness (QED) is 0.343. The van der Waals surface area contributed by atoms with Crippen molar-refractivity contribution in [2.24, 2.45) is 0 Å². The summed E-state index contributed by atoms with van der Waals surface area (Å²) >= 11 is 1.47. The number of nitrogens with zero attached hydrogens (tertiary/aromatic N) is 2. The van der Waals surface area contributed by atoms with Crippen molar-refractivity contribution in [2.45, 2.75) is 19.6 Å². The van der Waals surface area contributed by atoms with Gasteiger partial charge in [-0.05, 0) is 36.8 Å². The number of thiazole rings is 1. The van der Waals surface area contributed by atoms with Crippen molar-refractivity contribution in [1.29, 1.82) is 0 Å². The Morgan fingerprint density at radius 1 is 1.09 bits per heavy atom. The van der Waals surface area contributed by atoms with Gasteiger partial charge in [-0.1, -0.05) is 6.07 Å². The van der Waals surface area contributed by atoms with Gasteiger partial charge in [0.1, 0.15) is 11.6 Å². The Bertz CT molecular complexity index is 1130. The first-order chi connectivity index (χ1) is 17.1. The van der Waals surface area contributed by atoms with E-state index in [1.54, 1.807) is 44.4 Å². The van der Waals surface area contributed by atoms with Gasteiger partial charge in [-0.25, -0.2) is 4.98 Å². The number of hydrogen-bond donors (Lipinski definition) is 0. The van der Waals surface area contributed by atoms with E-state index < -0.39 is 0 Å². The summed E-state index contributed by atoms with van der Waals surface area (Å²) in [5.74, 6) is 2.80. The Labute approximate surface area is 208 Å². The van der Waals surface area contributed by atoms with Crippen LogP contribution in [0.2, 0.25) is 0 Å². The molecule has 2 aromatic carbocycles. The number of hydrogen-bond acceptors (Lipinski definition) is 9. The van der Waals surface area contributed by atoms with Crippen LogP contribution in [0.1, 0.15) is 27.5 Å². The van der Waals surface area contributed by atoms with Gasteiger partial charge in [0.15, 0.2) is 23.0 Å². The second kappa shape index (κ2) is 11.8. The largest absolute Gasteiger partial charge is 0.493 e. The SMILES string of the molecule is COCCCN(Cc1csc(COc2c(OC)cccc2OC)n1)C(=O)c1ccc2c(c1)OCO2. The number of carbonyl (C=O) groups excluding carboxylic acids is 1. The number of rotatable bonds is 12. The van der Waals surface area contributed by atoms with Crippen LogP contribution in [-0.4, -0.2) is 57.1 Å². The molecule has 1 aromatic heterocycles. The maximum Gasteiger partial charge on any atom is 0.254 e. The lowest BCUT2D eigenvalue weighted by Gasteiger charge is -2.22. The third-order valence-corrected chi connectivity index (χ3v) is 6.23. The molecular weight excluding hydrogens is 472 g/mol. The molecule has 4 rings (SSSR count).